The van der Waals surface area contributed by atoms with E-state index in [4.69, 9.17) is 14.2 Å². The molecule has 1 aromatic heterocycles. The van der Waals surface area contributed by atoms with Gasteiger partial charge in [0.05, 0.1) is 18.1 Å². The Morgan fingerprint density at radius 2 is 1.85 bits per heavy atom. The van der Waals surface area contributed by atoms with Crippen LogP contribution in [0.25, 0.3) is 0 Å². The molecule has 0 radical (unpaired) electrons. The highest BCUT2D eigenvalue weighted by atomic mass is 32.2. The van der Waals surface area contributed by atoms with E-state index >= 15 is 0 Å². The zero-order valence-electron chi connectivity index (χ0n) is 23.2. The number of nitrogens with zero attached hydrogens (tertiary/aromatic N) is 5. The molecule has 0 saturated carbocycles. The van der Waals surface area contributed by atoms with Gasteiger partial charge in [-0.2, -0.15) is 0 Å². The molecule has 0 spiro atoms. The third-order valence-corrected chi connectivity index (χ3v) is 7.43. The molecular weight excluding hydrogens is 557 g/mol. The second kappa shape index (κ2) is 12.6. The Morgan fingerprint density at radius 1 is 1.15 bits per heavy atom. The summed E-state index contributed by atoms with van der Waals surface area (Å²) < 4.78 is 56.0. The van der Waals surface area contributed by atoms with Crippen molar-refractivity contribution < 1.29 is 36.6 Å². The van der Waals surface area contributed by atoms with Gasteiger partial charge in [0.1, 0.15) is 12.4 Å². The van der Waals surface area contributed by atoms with Crippen LogP contribution in [0.4, 0.5) is 9.18 Å². The van der Waals surface area contributed by atoms with Crippen molar-refractivity contribution in [2.45, 2.75) is 57.7 Å². The van der Waals surface area contributed by atoms with Crippen LogP contribution in [-0.2, 0) is 25.8 Å². The lowest BCUT2D eigenvalue weighted by Crippen LogP contribution is -2.42. The predicted octanol–water partition coefficient (Wildman–Crippen LogP) is 3.40. The summed E-state index contributed by atoms with van der Waals surface area (Å²) in [5, 5.41) is 0. The number of carbonyl (C=O) groups is 2. The average Bonchev–Trinajstić information content (AvgIpc) is 2.92. The highest BCUT2D eigenvalue weighted by Crippen LogP contribution is 2.31. The number of amides is 2. The fourth-order valence-electron chi connectivity index (χ4n) is 4.26. The van der Waals surface area contributed by atoms with Crippen LogP contribution in [0, 0.1) is 12.7 Å². The maximum absolute atomic E-state index is 15.0. The molecule has 1 aromatic carbocycles. The van der Waals surface area contributed by atoms with Crippen molar-refractivity contribution in [3.63, 3.8) is 0 Å². The fraction of sp³-hybridized carbons (Fsp3) is 0.444. The summed E-state index contributed by atoms with van der Waals surface area (Å²) >= 11 is 0. The minimum Gasteiger partial charge on any atom is -0.474 e. The van der Waals surface area contributed by atoms with E-state index in [1.807, 2.05) is 0 Å². The number of rotatable bonds is 8. The molecule has 220 valence electrons. The molecule has 14 heteroatoms. The molecule has 41 heavy (non-hydrogen) atoms. The van der Waals surface area contributed by atoms with Gasteiger partial charge in [-0.3, -0.25) is 14.7 Å². The molecule has 2 amide bonds. The van der Waals surface area contributed by atoms with Crippen molar-refractivity contribution in [2.75, 3.05) is 19.3 Å². The van der Waals surface area contributed by atoms with Crippen LogP contribution in [0.5, 0.6) is 17.5 Å². The molecule has 2 aliphatic heterocycles. The number of sulfone groups is 1. The molecule has 0 N–H and O–H groups in total. The summed E-state index contributed by atoms with van der Waals surface area (Å²) in [6, 6.07) is 4.02. The first kappa shape index (κ1) is 29.9. The van der Waals surface area contributed by atoms with Gasteiger partial charge in [-0.1, -0.05) is 6.07 Å². The lowest BCUT2D eigenvalue weighted by molar-refractivity contribution is -0.128. The van der Waals surface area contributed by atoms with E-state index in [1.54, 1.807) is 25.7 Å². The topological polar surface area (TPSA) is 141 Å². The Kier molecular flexibility index (Phi) is 9.21. The van der Waals surface area contributed by atoms with E-state index in [2.05, 4.69) is 15.0 Å². The Morgan fingerprint density at radius 3 is 2.51 bits per heavy atom. The van der Waals surface area contributed by atoms with E-state index in [1.165, 1.54) is 37.0 Å². The minimum absolute atomic E-state index is 0.1000. The van der Waals surface area contributed by atoms with Crippen molar-refractivity contribution in [1.29, 1.82) is 0 Å². The van der Waals surface area contributed by atoms with Crippen LogP contribution in [0.3, 0.4) is 0 Å². The lowest BCUT2D eigenvalue weighted by atomic mass is 10.1. The molecule has 1 saturated heterocycles. The Balaban J connectivity index is 1.38. The van der Waals surface area contributed by atoms with Crippen molar-refractivity contribution in [3.8, 4) is 17.5 Å². The molecule has 1 unspecified atom stereocenters. The van der Waals surface area contributed by atoms with Gasteiger partial charge in [0.25, 0.3) is 0 Å². The van der Waals surface area contributed by atoms with Crippen LogP contribution >= 0.6 is 0 Å². The van der Waals surface area contributed by atoms with Crippen molar-refractivity contribution in [2.24, 2.45) is 4.99 Å². The van der Waals surface area contributed by atoms with Gasteiger partial charge in [-0.25, -0.2) is 27.6 Å². The average molecular weight is 590 g/mol. The number of hydrogen-bond donors (Lipinski definition) is 0. The normalized spacial score (nSPS) is 17.6. The molecule has 1 fully saturated rings. The molecule has 1 atom stereocenters. The standard InChI is InChI=1S/C27H32FN5O7S/c1-17(2)38-27(35)32-12-8-20(9-13-32)39-24-18(3)25(31-16-30-24)40-22-7-6-19(14-21(22)28)15-23(34)33-11-5-10-29-26(33)41(4,36)37/h5-7,10-11,14,16-17,20,26H,8-9,12-13,15H2,1-4H3. The Labute approximate surface area is 237 Å². The van der Waals surface area contributed by atoms with Gasteiger partial charge in [-0.15, -0.1) is 0 Å². The monoisotopic (exact) mass is 589 g/mol. The summed E-state index contributed by atoms with van der Waals surface area (Å²) in [7, 11) is -3.67. The van der Waals surface area contributed by atoms with E-state index in [9.17, 15) is 22.4 Å². The maximum Gasteiger partial charge on any atom is 0.410 e. The number of hydrogen-bond acceptors (Lipinski definition) is 10. The largest absolute Gasteiger partial charge is 0.474 e. The van der Waals surface area contributed by atoms with Crippen LogP contribution < -0.4 is 9.47 Å². The van der Waals surface area contributed by atoms with Gasteiger partial charge in [-0.05, 0) is 44.5 Å². The second-order valence-corrected chi connectivity index (χ2v) is 12.1. The quantitative estimate of drug-likeness (QED) is 0.453. The maximum atomic E-state index is 15.0. The number of benzene rings is 1. The minimum atomic E-state index is -3.67. The number of allylic oxidation sites excluding steroid dienone is 1. The third-order valence-electron chi connectivity index (χ3n) is 6.32. The fourth-order valence-corrected chi connectivity index (χ4v) is 5.15. The van der Waals surface area contributed by atoms with Crippen LogP contribution in [0.1, 0.15) is 37.8 Å². The smallest absolute Gasteiger partial charge is 0.410 e. The molecule has 0 bridgehead atoms. The number of aromatic nitrogens is 2. The van der Waals surface area contributed by atoms with Crippen LogP contribution in [0.15, 0.2) is 41.8 Å². The Hall–Kier alpha value is -4.07. The molecule has 4 rings (SSSR count). The van der Waals surface area contributed by atoms with E-state index < -0.39 is 27.1 Å². The highest BCUT2D eigenvalue weighted by molar-refractivity contribution is 7.91. The number of halogens is 1. The molecular formula is C27H32FN5O7S. The number of likely N-dealkylation sites (tertiary alicyclic amines) is 1. The number of aliphatic imine (C=N–C) groups is 1. The molecule has 2 aromatic rings. The van der Waals surface area contributed by atoms with Gasteiger partial charge in [0.2, 0.25) is 23.2 Å². The van der Waals surface area contributed by atoms with Gasteiger partial charge in [0.15, 0.2) is 21.4 Å². The van der Waals surface area contributed by atoms with Crippen molar-refractivity contribution >= 4 is 28.1 Å². The van der Waals surface area contributed by atoms with Crippen molar-refractivity contribution in [1.82, 2.24) is 19.8 Å². The molecule has 12 nitrogen and oxygen atoms in total. The van der Waals surface area contributed by atoms with Crippen molar-refractivity contribution in [3.05, 3.63) is 53.7 Å². The molecule has 3 heterocycles. The first-order valence-corrected chi connectivity index (χ1v) is 15.0. The summed E-state index contributed by atoms with van der Waals surface area (Å²) in [4.78, 5) is 39.7. The number of piperidine rings is 1. The predicted molar refractivity (Wildman–Crippen MR) is 147 cm³/mol. The molecule has 0 aliphatic carbocycles. The second-order valence-electron chi connectivity index (χ2n) is 9.99. The van der Waals surface area contributed by atoms with E-state index in [0.29, 0.717) is 42.9 Å². The van der Waals surface area contributed by atoms with E-state index in [-0.39, 0.29) is 36.4 Å². The summed E-state index contributed by atoms with van der Waals surface area (Å²) in [5.74, 6) is -1.02. The van der Waals surface area contributed by atoms with Crippen LogP contribution in [0.2, 0.25) is 0 Å². The van der Waals surface area contributed by atoms with Gasteiger partial charge >= 0.3 is 6.09 Å². The lowest BCUT2D eigenvalue weighted by Gasteiger charge is -2.31. The summed E-state index contributed by atoms with van der Waals surface area (Å²) in [6.45, 7) is 6.26. The summed E-state index contributed by atoms with van der Waals surface area (Å²) in [5.41, 5.74) is -0.572. The number of carbonyl (C=O) groups excluding carboxylic acids is 2. The number of ether oxygens (including phenoxy) is 3. The third kappa shape index (κ3) is 7.57. The zero-order chi connectivity index (χ0) is 29.7. The first-order valence-electron chi connectivity index (χ1n) is 13.0. The summed E-state index contributed by atoms with van der Waals surface area (Å²) in [6.07, 6.45) is 6.54. The van der Waals surface area contributed by atoms with Crippen LogP contribution in [-0.4, -0.2) is 83.5 Å². The van der Waals surface area contributed by atoms with E-state index in [0.717, 1.165) is 17.2 Å². The van der Waals surface area contributed by atoms with Gasteiger partial charge in [0, 0.05) is 44.6 Å². The van der Waals surface area contributed by atoms with Gasteiger partial charge < -0.3 is 19.1 Å². The first-order chi connectivity index (χ1) is 19.4. The Bertz CT molecular complexity index is 1460. The molecule has 2 aliphatic rings. The SMILES string of the molecule is Cc1c(Oc2ccc(CC(=O)N3C=CC=NC3S(C)(=O)=O)cc2F)ncnc1OC1CCN(C(=O)OC(C)C)CC1. The zero-order valence-corrected chi connectivity index (χ0v) is 24.0. The highest BCUT2D eigenvalue weighted by Gasteiger charge is 2.31.